The molecule has 0 heterocycles. The largest absolute Gasteiger partial charge is 0.358 e. The number of rotatable bonds is 4. The van der Waals surface area contributed by atoms with Gasteiger partial charge in [0.25, 0.3) is 0 Å². The molecule has 0 bridgehead atoms. The smallest absolute Gasteiger partial charge is 0.171 e. The third kappa shape index (κ3) is 4.83. The molecule has 0 aromatic heterocycles. The zero-order valence-corrected chi connectivity index (χ0v) is 14.6. The number of thiocarbonyl (C=S) groups is 1. The van der Waals surface area contributed by atoms with Crippen LogP contribution in [-0.4, -0.2) is 5.11 Å². The molecule has 0 spiro atoms. The molecule has 0 saturated heterocycles. The molecule has 0 aliphatic rings. The van der Waals surface area contributed by atoms with E-state index in [0.717, 1.165) is 23.1 Å². The van der Waals surface area contributed by atoms with E-state index in [-0.39, 0.29) is 0 Å². The number of hydrogen-bond donors (Lipinski definition) is 2. The normalized spacial score (nSPS) is 10.2. The molecule has 0 amide bonds. The molecule has 2 aromatic carbocycles. The van der Waals surface area contributed by atoms with Crippen molar-refractivity contribution >= 4 is 38.9 Å². The van der Waals surface area contributed by atoms with Crippen molar-refractivity contribution in [2.75, 3.05) is 5.32 Å². The van der Waals surface area contributed by atoms with Crippen LogP contribution in [0.2, 0.25) is 0 Å². The molecule has 0 aliphatic heterocycles. The predicted octanol–water partition coefficient (Wildman–Crippen LogP) is 4.81. The number of benzene rings is 2. The molecule has 0 unspecified atom stereocenters. The molecule has 21 heavy (non-hydrogen) atoms. The van der Waals surface area contributed by atoms with Gasteiger partial charge in [-0.1, -0.05) is 52.7 Å². The predicted molar refractivity (Wildman–Crippen MR) is 97.8 cm³/mol. The first-order chi connectivity index (χ1) is 10.1. The maximum Gasteiger partial charge on any atom is 0.171 e. The first-order valence-electron chi connectivity index (χ1n) is 6.97. The number of aryl methyl sites for hydroxylation is 2. The van der Waals surface area contributed by atoms with Crippen LogP contribution < -0.4 is 10.6 Å². The Balaban J connectivity index is 1.94. The van der Waals surface area contributed by atoms with E-state index in [1.807, 2.05) is 12.1 Å². The Morgan fingerprint density at radius 1 is 1.14 bits per heavy atom. The molecular weight excluding hydrogens is 344 g/mol. The van der Waals surface area contributed by atoms with E-state index in [9.17, 15) is 0 Å². The Hall–Kier alpha value is -1.39. The fourth-order valence-electron chi connectivity index (χ4n) is 2.03. The van der Waals surface area contributed by atoms with Gasteiger partial charge in [-0.25, -0.2) is 0 Å². The summed E-state index contributed by atoms with van der Waals surface area (Å²) in [7, 11) is 0. The number of anilines is 1. The molecule has 0 saturated carbocycles. The SMILES string of the molecule is CCc1cc(Br)ccc1NC(=S)NCc1ccc(C)cc1. The van der Waals surface area contributed by atoms with Gasteiger partial charge in [-0.15, -0.1) is 0 Å². The summed E-state index contributed by atoms with van der Waals surface area (Å²) in [6, 6.07) is 14.6. The fraction of sp³-hybridized carbons (Fsp3) is 0.235. The topological polar surface area (TPSA) is 24.1 Å². The third-order valence-corrected chi connectivity index (χ3v) is 4.01. The lowest BCUT2D eigenvalue weighted by Crippen LogP contribution is -2.28. The van der Waals surface area contributed by atoms with Crippen LogP contribution in [0.4, 0.5) is 5.69 Å². The van der Waals surface area contributed by atoms with Crippen molar-refractivity contribution < 1.29 is 0 Å². The summed E-state index contributed by atoms with van der Waals surface area (Å²) in [5.74, 6) is 0. The lowest BCUT2D eigenvalue weighted by molar-refractivity contribution is 0.924. The molecular formula is C17H19BrN2S. The molecule has 2 nitrogen and oxygen atoms in total. The second kappa shape index (κ2) is 7.57. The standard InChI is InChI=1S/C17H19BrN2S/c1-3-14-10-15(18)8-9-16(14)20-17(21)19-11-13-6-4-12(2)5-7-13/h4-10H,3,11H2,1-2H3,(H2,19,20,21). The average molecular weight is 363 g/mol. The van der Waals surface area contributed by atoms with E-state index in [0.29, 0.717) is 5.11 Å². The summed E-state index contributed by atoms with van der Waals surface area (Å²) < 4.78 is 1.09. The molecule has 0 radical (unpaired) electrons. The van der Waals surface area contributed by atoms with Gasteiger partial charge >= 0.3 is 0 Å². The van der Waals surface area contributed by atoms with Crippen LogP contribution in [0.5, 0.6) is 0 Å². The fourth-order valence-corrected chi connectivity index (χ4v) is 2.62. The van der Waals surface area contributed by atoms with Gasteiger partial charge in [-0.05, 0) is 54.9 Å². The summed E-state index contributed by atoms with van der Waals surface area (Å²) >= 11 is 8.86. The van der Waals surface area contributed by atoms with Crippen molar-refractivity contribution in [3.8, 4) is 0 Å². The van der Waals surface area contributed by atoms with Crippen molar-refractivity contribution in [3.05, 3.63) is 63.6 Å². The lowest BCUT2D eigenvalue weighted by atomic mass is 10.1. The first-order valence-corrected chi connectivity index (χ1v) is 8.17. The zero-order valence-electron chi connectivity index (χ0n) is 12.2. The van der Waals surface area contributed by atoms with Crippen molar-refractivity contribution in [2.24, 2.45) is 0 Å². The van der Waals surface area contributed by atoms with Crippen molar-refractivity contribution in [1.29, 1.82) is 0 Å². The molecule has 0 fully saturated rings. The van der Waals surface area contributed by atoms with Crippen molar-refractivity contribution in [1.82, 2.24) is 5.32 Å². The molecule has 2 rings (SSSR count). The van der Waals surface area contributed by atoms with Gasteiger partial charge in [0, 0.05) is 16.7 Å². The van der Waals surface area contributed by atoms with E-state index in [2.05, 4.69) is 70.7 Å². The van der Waals surface area contributed by atoms with Crippen LogP contribution in [0, 0.1) is 6.92 Å². The zero-order chi connectivity index (χ0) is 15.2. The number of halogens is 1. The van der Waals surface area contributed by atoms with Crippen molar-refractivity contribution in [2.45, 2.75) is 26.8 Å². The van der Waals surface area contributed by atoms with Gasteiger partial charge in [0.15, 0.2) is 5.11 Å². The Labute approximate surface area is 140 Å². The summed E-state index contributed by atoms with van der Waals surface area (Å²) in [5.41, 5.74) is 4.78. The van der Waals surface area contributed by atoms with Crippen molar-refractivity contribution in [3.63, 3.8) is 0 Å². The van der Waals surface area contributed by atoms with E-state index in [1.54, 1.807) is 0 Å². The second-order valence-corrected chi connectivity index (χ2v) is 6.27. The van der Waals surface area contributed by atoms with E-state index >= 15 is 0 Å². The highest BCUT2D eigenvalue weighted by Crippen LogP contribution is 2.21. The minimum Gasteiger partial charge on any atom is -0.358 e. The van der Waals surface area contributed by atoms with Gasteiger partial charge in [0.1, 0.15) is 0 Å². The van der Waals surface area contributed by atoms with Gasteiger partial charge in [0.2, 0.25) is 0 Å². The summed E-state index contributed by atoms with van der Waals surface area (Å²) in [6.45, 7) is 4.95. The van der Waals surface area contributed by atoms with Crippen LogP contribution in [0.15, 0.2) is 46.9 Å². The Kier molecular flexibility index (Phi) is 5.76. The van der Waals surface area contributed by atoms with Gasteiger partial charge in [-0.3, -0.25) is 0 Å². The van der Waals surface area contributed by atoms with Crippen LogP contribution in [0.25, 0.3) is 0 Å². The van der Waals surface area contributed by atoms with Gasteiger partial charge < -0.3 is 10.6 Å². The highest BCUT2D eigenvalue weighted by Gasteiger charge is 2.04. The van der Waals surface area contributed by atoms with Crippen LogP contribution in [0.1, 0.15) is 23.6 Å². The molecule has 110 valence electrons. The highest BCUT2D eigenvalue weighted by molar-refractivity contribution is 9.10. The minimum atomic E-state index is 0.646. The maximum absolute atomic E-state index is 5.37. The summed E-state index contributed by atoms with van der Waals surface area (Å²) in [4.78, 5) is 0. The average Bonchev–Trinajstić information content (AvgIpc) is 2.48. The van der Waals surface area contributed by atoms with Gasteiger partial charge in [-0.2, -0.15) is 0 Å². The Morgan fingerprint density at radius 2 is 1.86 bits per heavy atom. The minimum absolute atomic E-state index is 0.646. The summed E-state index contributed by atoms with van der Waals surface area (Å²) in [6.07, 6.45) is 0.961. The number of nitrogens with one attached hydrogen (secondary N) is 2. The summed E-state index contributed by atoms with van der Waals surface area (Å²) in [5, 5.41) is 7.16. The first kappa shape index (κ1) is 16.0. The second-order valence-electron chi connectivity index (χ2n) is 4.95. The van der Waals surface area contributed by atoms with Crippen LogP contribution in [-0.2, 0) is 13.0 Å². The third-order valence-electron chi connectivity index (χ3n) is 3.27. The molecule has 2 aromatic rings. The molecule has 4 heteroatoms. The van der Waals surface area contributed by atoms with Crippen LogP contribution in [0.3, 0.4) is 0 Å². The van der Waals surface area contributed by atoms with E-state index < -0.39 is 0 Å². The number of hydrogen-bond acceptors (Lipinski definition) is 1. The Morgan fingerprint density at radius 3 is 2.52 bits per heavy atom. The van der Waals surface area contributed by atoms with Gasteiger partial charge in [0.05, 0.1) is 0 Å². The highest BCUT2D eigenvalue weighted by atomic mass is 79.9. The lowest BCUT2D eigenvalue weighted by Gasteiger charge is -2.14. The Bertz CT molecular complexity index is 623. The van der Waals surface area contributed by atoms with E-state index in [4.69, 9.17) is 12.2 Å². The molecule has 0 aliphatic carbocycles. The maximum atomic E-state index is 5.37. The molecule has 0 atom stereocenters. The molecule has 2 N–H and O–H groups in total. The quantitative estimate of drug-likeness (QED) is 0.763. The monoisotopic (exact) mass is 362 g/mol. The van der Waals surface area contributed by atoms with Crippen LogP contribution >= 0.6 is 28.1 Å². The van der Waals surface area contributed by atoms with E-state index in [1.165, 1.54) is 16.7 Å².